The average Bonchev–Trinajstić information content (AvgIpc) is 3.31. The first-order valence-corrected chi connectivity index (χ1v) is 10.1. The topological polar surface area (TPSA) is 111 Å². The molecular weight excluding hydrogens is 370 g/mol. The van der Waals surface area contributed by atoms with Gasteiger partial charge in [-0.2, -0.15) is 5.10 Å². The zero-order valence-electron chi connectivity index (χ0n) is 16.2. The number of carbonyl (C=O) groups excluding carboxylic acids is 1. The Morgan fingerprint density at radius 1 is 1.28 bits per heavy atom. The molecule has 1 aliphatic heterocycles. The summed E-state index contributed by atoms with van der Waals surface area (Å²) in [7, 11) is 0. The van der Waals surface area contributed by atoms with Gasteiger partial charge < -0.3 is 20.4 Å². The van der Waals surface area contributed by atoms with Gasteiger partial charge in [-0.1, -0.05) is 6.07 Å². The van der Waals surface area contributed by atoms with E-state index in [4.69, 9.17) is 4.74 Å². The van der Waals surface area contributed by atoms with Crippen molar-refractivity contribution in [1.82, 2.24) is 30.4 Å². The molecule has 0 bridgehead atoms. The van der Waals surface area contributed by atoms with Crippen LogP contribution in [0, 0.1) is 0 Å². The van der Waals surface area contributed by atoms with Crippen LogP contribution in [0.1, 0.15) is 24.8 Å². The number of hydrogen-bond acceptors (Lipinski definition) is 5. The van der Waals surface area contributed by atoms with Gasteiger partial charge in [0.25, 0.3) is 0 Å². The Kier molecular flexibility index (Phi) is 4.91. The molecule has 2 fully saturated rings. The number of anilines is 1. The summed E-state index contributed by atoms with van der Waals surface area (Å²) >= 11 is 0. The maximum Gasteiger partial charge on any atom is 0.319 e. The van der Waals surface area contributed by atoms with Crippen LogP contribution in [0.15, 0.2) is 24.4 Å². The van der Waals surface area contributed by atoms with Crippen molar-refractivity contribution in [3.63, 3.8) is 0 Å². The summed E-state index contributed by atoms with van der Waals surface area (Å²) in [5.41, 5.74) is 4.35. The highest BCUT2D eigenvalue weighted by molar-refractivity contribution is 5.93. The van der Waals surface area contributed by atoms with Crippen LogP contribution in [-0.2, 0) is 11.3 Å². The van der Waals surface area contributed by atoms with Crippen molar-refractivity contribution >= 4 is 22.8 Å². The van der Waals surface area contributed by atoms with Crippen LogP contribution in [0.3, 0.4) is 0 Å². The molecule has 0 spiro atoms. The third-order valence-corrected chi connectivity index (χ3v) is 5.62. The molecule has 152 valence electrons. The lowest BCUT2D eigenvalue weighted by atomic mass is 9.93. The van der Waals surface area contributed by atoms with Gasteiger partial charge in [0, 0.05) is 25.7 Å². The molecule has 0 atom stereocenters. The fourth-order valence-corrected chi connectivity index (χ4v) is 3.75. The van der Waals surface area contributed by atoms with Crippen molar-refractivity contribution in [3.8, 4) is 11.5 Å². The highest BCUT2D eigenvalue weighted by Gasteiger charge is 2.21. The summed E-state index contributed by atoms with van der Waals surface area (Å²) in [4.78, 5) is 22.6. The Labute approximate surface area is 168 Å². The number of rotatable bonds is 5. The van der Waals surface area contributed by atoms with Gasteiger partial charge >= 0.3 is 6.03 Å². The summed E-state index contributed by atoms with van der Waals surface area (Å²) in [6.45, 7) is 4.39. The molecule has 3 aromatic rings. The first-order chi connectivity index (χ1) is 14.2. The number of imidazole rings is 1. The standard InChI is InChI=1S/C20H25N7O2/c28-20(22-14-2-1-3-14)25-17-11-21-26-18(17)19-23-15-5-4-13(10-16(15)24-19)12-27-6-8-29-9-7-27/h4-5,10-11,14H,1-3,6-9,12H2,(H,21,26)(H,23,24)(H2,22,25,28). The second-order valence-corrected chi connectivity index (χ2v) is 7.71. The van der Waals surface area contributed by atoms with E-state index in [1.807, 2.05) is 6.07 Å². The van der Waals surface area contributed by atoms with Crippen LogP contribution < -0.4 is 10.6 Å². The normalized spacial score (nSPS) is 17.9. The van der Waals surface area contributed by atoms with E-state index < -0.39 is 0 Å². The number of nitrogens with zero attached hydrogens (tertiary/aromatic N) is 3. The van der Waals surface area contributed by atoms with Gasteiger partial charge in [-0.15, -0.1) is 0 Å². The molecule has 29 heavy (non-hydrogen) atoms. The van der Waals surface area contributed by atoms with Gasteiger partial charge in [0.05, 0.1) is 36.1 Å². The Morgan fingerprint density at radius 3 is 2.93 bits per heavy atom. The first-order valence-electron chi connectivity index (χ1n) is 10.1. The van der Waals surface area contributed by atoms with E-state index in [0.717, 1.165) is 56.7 Å². The number of hydrogen-bond donors (Lipinski definition) is 4. The lowest BCUT2D eigenvalue weighted by Gasteiger charge is -2.26. The van der Waals surface area contributed by atoms with Crippen LogP contribution in [-0.4, -0.2) is 63.4 Å². The molecule has 1 saturated carbocycles. The Morgan fingerprint density at radius 2 is 2.14 bits per heavy atom. The number of H-pyrrole nitrogens is 2. The van der Waals surface area contributed by atoms with Gasteiger partial charge in [-0.25, -0.2) is 9.78 Å². The number of fused-ring (bicyclic) bond motifs is 1. The number of aromatic amines is 2. The SMILES string of the molecule is O=C(Nc1cn[nH]c1-c1nc2ccc(CN3CCOCC3)cc2[nH]1)NC1CCC1. The largest absolute Gasteiger partial charge is 0.379 e. The van der Waals surface area contributed by atoms with Crippen molar-refractivity contribution in [2.75, 3.05) is 31.6 Å². The van der Waals surface area contributed by atoms with E-state index in [1.54, 1.807) is 6.20 Å². The van der Waals surface area contributed by atoms with Crippen LogP contribution in [0.25, 0.3) is 22.6 Å². The van der Waals surface area contributed by atoms with E-state index in [1.165, 1.54) is 12.0 Å². The number of aromatic nitrogens is 4. The summed E-state index contributed by atoms with van der Waals surface area (Å²) in [6.07, 6.45) is 4.87. The maximum absolute atomic E-state index is 12.2. The number of amides is 2. The van der Waals surface area contributed by atoms with E-state index in [9.17, 15) is 4.79 Å². The Balaban J connectivity index is 1.32. The molecule has 4 N–H and O–H groups in total. The van der Waals surface area contributed by atoms with Crippen molar-refractivity contribution < 1.29 is 9.53 Å². The third-order valence-electron chi connectivity index (χ3n) is 5.62. The number of nitrogens with one attached hydrogen (secondary N) is 4. The van der Waals surface area contributed by atoms with Gasteiger partial charge in [-0.05, 0) is 37.0 Å². The molecule has 1 aromatic carbocycles. The number of urea groups is 1. The molecule has 2 amide bonds. The second kappa shape index (κ2) is 7.84. The monoisotopic (exact) mass is 395 g/mol. The van der Waals surface area contributed by atoms with E-state index in [-0.39, 0.29) is 12.1 Å². The lowest BCUT2D eigenvalue weighted by Crippen LogP contribution is -2.41. The van der Waals surface area contributed by atoms with Crippen molar-refractivity contribution in [1.29, 1.82) is 0 Å². The molecule has 1 saturated heterocycles. The molecule has 0 unspecified atom stereocenters. The summed E-state index contributed by atoms with van der Waals surface area (Å²) < 4.78 is 5.42. The number of benzene rings is 1. The second-order valence-electron chi connectivity index (χ2n) is 7.71. The van der Waals surface area contributed by atoms with E-state index >= 15 is 0 Å². The highest BCUT2D eigenvalue weighted by atomic mass is 16.5. The molecule has 1 aliphatic carbocycles. The van der Waals surface area contributed by atoms with Crippen molar-refractivity contribution in [3.05, 3.63) is 30.0 Å². The third kappa shape index (κ3) is 3.96. The fraction of sp³-hybridized carbons (Fsp3) is 0.450. The van der Waals surface area contributed by atoms with Gasteiger partial charge in [0.1, 0.15) is 5.69 Å². The van der Waals surface area contributed by atoms with E-state index in [0.29, 0.717) is 17.2 Å². The minimum Gasteiger partial charge on any atom is -0.379 e. The zero-order chi connectivity index (χ0) is 19.6. The van der Waals surface area contributed by atoms with Gasteiger partial charge in [0.15, 0.2) is 5.82 Å². The summed E-state index contributed by atoms with van der Waals surface area (Å²) in [5.74, 6) is 0.653. The minimum atomic E-state index is -0.207. The predicted molar refractivity (Wildman–Crippen MR) is 110 cm³/mol. The van der Waals surface area contributed by atoms with Crippen LogP contribution in [0.4, 0.5) is 10.5 Å². The maximum atomic E-state index is 12.2. The average molecular weight is 395 g/mol. The molecule has 9 heteroatoms. The number of ether oxygens (including phenoxy) is 1. The molecule has 9 nitrogen and oxygen atoms in total. The molecular formula is C20H25N7O2. The lowest BCUT2D eigenvalue weighted by molar-refractivity contribution is 0.0342. The summed E-state index contributed by atoms with van der Waals surface area (Å²) in [5, 5.41) is 12.9. The molecule has 3 heterocycles. The Hall–Kier alpha value is -2.91. The smallest absolute Gasteiger partial charge is 0.319 e. The molecule has 0 radical (unpaired) electrons. The van der Waals surface area contributed by atoms with Crippen molar-refractivity contribution in [2.45, 2.75) is 31.8 Å². The highest BCUT2D eigenvalue weighted by Crippen LogP contribution is 2.26. The first kappa shape index (κ1) is 18.1. The fourth-order valence-electron chi connectivity index (χ4n) is 3.75. The summed E-state index contributed by atoms with van der Waals surface area (Å²) in [6, 6.07) is 6.34. The quantitative estimate of drug-likeness (QED) is 0.530. The van der Waals surface area contributed by atoms with Crippen LogP contribution in [0.5, 0.6) is 0 Å². The van der Waals surface area contributed by atoms with Gasteiger partial charge in [0.2, 0.25) is 0 Å². The minimum absolute atomic E-state index is 0.207. The Bertz CT molecular complexity index is 1000. The molecule has 2 aliphatic rings. The number of morpholine rings is 1. The molecule has 2 aromatic heterocycles. The zero-order valence-corrected chi connectivity index (χ0v) is 16.2. The predicted octanol–water partition coefficient (Wildman–Crippen LogP) is 2.46. The van der Waals surface area contributed by atoms with Gasteiger partial charge in [-0.3, -0.25) is 10.00 Å². The molecule has 5 rings (SSSR count). The van der Waals surface area contributed by atoms with Crippen molar-refractivity contribution in [2.24, 2.45) is 0 Å². The van der Waals surface area contributed by atoms with E-state index in [2.05, 4.69) is 47.8 Å². The van der Waals surface area contributed by atoms with Crippen LogP contribution >= 0.6 is 0 Å². The number of carbonyl (C=O) groups is 1. The van der Waals surface area contributed by atoms with Crippen LogP contribution in [0.2, 0.25) is 0 Å².